The van der Waals surface area contributed by atoms with Crippen LogP contribution in [0.5, 0.6) is 5.75 Å². The first kappa shape index (κ1) is 12.4. The number of rotatable bonds is 4. The van der Waals surface area contributed by atoms with Crippen LogP contribution in [0.2, 0.25) is 0 Å². The Balaban J connectivity index is 1.88. The molecule has 0 saturated carbocycles. The van der Waals surface area contributed by atoms with E-state index in [0.717, 1.165) is 24.2 Å². The Labute approximate surface area is 102 Å². The summed E-state index contributed by atoms with van der Waals surface area (Å²) in [7, 11) is 0. The van der Waals surface area contributed by atoms with E-state index in [1.807, 2.05) is 24.3 Å². The number of aliphatic hydroxyl groups is 1. The highest BCUT2D eigenvalue weighted by Gasteiger charge is 2.22. The van der Waals surface area contributed by atoms with E-state index in [2.05, 4.69) is 6.92 Å². The maximum absolute atomic E-state index is 9.48. The molecule has 0 bridgehead atoms. The number of ether oxygens (including phenoxy) is 2. The summed E-state index contributed by atoms with van der Waals surface area (Å²) < 4.78 is 11.4. The van der Waals surface area contributed by atoms with Crippen LogP contribution < -0.4 is 4.74 Å². The molecular formula is C14H20O3. The summed E-state index contributed by atoms with van der Waals surface area (Å²) in [5, 5.41) is 9.48. The summed E-state index contributed by atoms with van der Waals surface area (Å²) in [6, 6.07) is 7.58. The van der Waals surface area contributed by atoms with Crippen molar-refractivity contribution in [2.24, 2.45) is 0 Å². The van der Waals surface area contributed by atoms with Crippen molar-refractivity contribution in [2.45, 2.75) is 45.0 Å². The zero-order valence-electron chi connectivity index (χ0n) is 10.4. The van der Waals surface area contributed by atoms with Crippen LogP contribution in [0.1, 0.15) is 38.4 Å². The molecule has 3 atom stereocenters. The fourth-order valence-electron chi connectivity index (χ4n) is 2.06. The summed E-state index contributed by atoms with van der Waals surface area (Å²) >= 11 is 0. The largest absolute Gasteiger partial charge is 0.491 e. The van der Waals surface area contributed by atoms with Gasteiger partial charge in [0.2, 0.25) is 0 Å². The lowest BCUT2D eigenvalue weighted by molar-refractivity contribution is 0.0264. The molecule has 1 heterocycles. The van der Waals surface area contributed by atoms with Crippen molar-refractivity contribution in [3.63, 3.8) is 0 Å². The van der Waals surface area contributed by atoms with Gasteiger partial charge in [-0.1, -0.05) is 12.1 Å². The van der Waals surface area contributed by atoms with E-state index in [0.29, 0.717) is 12.7 Å². The Hall–Kier alpha value is -1.06. The molecule has 0 radical (unpaired) electrons. The second-order valence-corrected chi connectivity index (χ2v) is 4.71. The van der Waals surface area contributed by atoms with Gasteiger partial charge in [-0.15, -0.1) is 0 Å². The average molecular weight is 236 g/mol. The van der Waals surface area contributed by atoms with E-state index in [-0.39, 0.29) is 6.10 Å². The summed E-state index contributed by atoms with van der Waals surface area (Å²) in [5.41, 5.74) is 0.878. The summed E-state index contributed by atoms with van der Waals surface area (Å²) in [4.78, 5) is 0. The van der Waals surface area contributed by atoms with Crippen molar-refractivity contribution >= 4 is 0 Å². The SMILES string of the molecule is CC1CCC(COc2cccc(C(C)O)c2)O1. The third kappa shape index (κ3) is 3.45. The van der Waals surface area contributed by atoms with E-state index in [1.54, 1.807) is 6.92 Å². The Morgan fingerprint density at radius 2 is 2.29 bits per heavy atom. The van der Waals surface area contributed by atoms with Gasteiger partial charge in [0, 0.05) is 0 Å². The molecule has 0 aliphatic carbocycles. The molecular weight excluding hydrogens is 216 g/mol. The fraction of sp³-hybridized carbons (Fsp3) is 0.571. The van der Waals surface area contributed by atoms with Crippen LogP contribution in [0.3, 0.4) is 0 Å². The molecule has 1 aromatic carbocycles. The van der Waals surface area contributed by atoms with E-state index in [1.165, 1.54) is 0 Å². The van der Waals surface area contributed by atoms with Crippen LogP contribution in [0.15, 0.2) is 24.3 Å². The van der Waals surface area contributed by atoms with Gasteiger partial charge < -0.3 is 14.6 Å². The second kappa shape index (κ2) is 5.52. The molecule has 17 heavy (non-hydrogen) atoms. The zero-order chi connectivity index (χ0) is 12.3. The van der Waals surface area contributed by atoms with E-state index < -0.39 is 6.10 Å². The average Bonchev–Trinajstić information content (AvgIpc) is 2.73. The molecule has 0 spiro atoms. The van der Waals surface area contributed by atoms with E-state index in [4.69, 9.17) is 9.47 Å². The quantitative estimate of drug-likeness (QED) is 0.873. The van der Waals surface area contributed by atoms with Crippen molar-refractivity contribution in [1.29, 1.82) is 0 Å². The third-order valence-electron chi connectivity index (χ3n) is 3.10. The molecule has 1 saturated heterocycles. The molecule has 1 aliphatic rings. The maximum atomic E-state index is 9.48. The van der Waals surface area contributed by atoms with Gasteiger partial charge in [0.15, 0.2) is 0 Å². The highest BCUT2D eigenvalue weighted by atomic mass is 16.5. The number of hydrogen-bond donors (Lipinski definition) is 1. The lowest BCUT2D eigenvalue weighted by Gasteiger charge is -2.13. The lowest BCUT2D eigenvalue weighted by atomic mass is 10.1. The Kier molecular flexibility index (Phi) is 4.02. The summed E-state index contributed by atoms with van der Waals surface area (Å²) in [5.74, 6) is 0.798. The lowest BCUT2D eigenvalue weighted by Crippen LogP contribution is -2.17. The highest BCUT2D eigenvalue weighted by Crippen LogP contribution is 2.22. The van der Waals surface area contributed by atoms with Gasteiger partial charge in [-0.05, 0) is 44.4 Å². The first-order chi connectivity index (χ1) is 8.15. The van der Waals surface area contributed by atoms with Gasteiger partial charge in [0.1, 0.15) is 12.4 Å². The minimum absolute atomic E-state index is 0.209. The third-order valence-corrected chi connectivity index (χ3v) is 3.10. The van der Waals surface area contributed by atoms with Crippen LogP contribution in [0.25, 0.3) is 0 Å². The van der Waals surface area contributed by atoms with Gasteiger partial charge in [0.25, 0.3) is 0 Å². The van der Waals surface area contributed by atoms with Crippen LogP contribution in [0, 0.1) is 0 Å². The standard InChI is InChI=1S/C14H20O3/c1-10-6-7-14(17-10)9-16-13-5-3-4-12(8-13)11(2)15/h3-5,8,10-11,14-15H,6-7,9H2,1-2H3. The Morgan fingerprint density at radius 1 is 1.47 bits per heavy atom. The van der Waals surface area contributed by atoms with Gasteiger partial charge in [-0.25, -0.2) is 0 Å². The van der Waals surface area contributed by atoms with Crippen LogP contribution >= 0.6 is 0 Å². The molecule has 1 aromatic rings. The van der Waals surface area contributed by atoms with Crippen LogP contribution in [0.4, 0.5) is 0 Å². The predicted octanol–water partition coefficient (Wildman–Crippen LogP) is 2.69. The normalized spacial score (nSPS) is 25.8. The minimum Gasteiger partial charge on any atom is -0.491 e. The Bertz CT molecular complexity index is 362. The van der Waals surface area contributed by atoms with Crippen LogP contribution in [-0.2, 0) is 4.74 Å². The molecule has 1 fully saturated rings. The van der Waals surface area contributed by atoms with Crippen molar-refractivity contribution in [3.05, 3.63) is 29.8 Å². The van der Waals surface area contributed by atoms with Crippen molar-refractivity contribution < 1.29 is 14.6 Å². The highest BCUT2D eigenvalue weighted by molar-refractivity contribution is 5.29. The molecule has 0 amide bonds. The number of hydrogen-bond acceptors (Lipinski definition) is 3. The van der Waals surface area contributed by atoms with E-state index >= 15 is 0 Å². The second-order valence-electron chi connectivity index (χ2n) is 4.71. The minimum atomic E-state index is -0.457. The molecule has 1 N–H and O–H groups in total. The van der Waals surface area contributed by atoms with Crippen molar-refractivity contribution in [2.75, 3.05) is 6.61 Å². The van der Waals surface area contributed by atoms with Gasteiger partial charge in [-0.2, -0.15) is 0 Å². The molecule has 94 valence electrons. The van der Waals surface area contributed by atoms with Crippen molar-refractivity contribution in [3.8, 4) is 5.75 Å². The molecule has 1 aliphatic heterocycles. The molecule has 3 heteroatoms. The monoisotopic (exact) mass is 236 g/mol. The van der Waals surface area contributed by atoms with Gasteiger partial charge in [0.05, 0.1) is 18.3 Å². The molecule has 3 unspecified atom stereocenters. The zero-order valence-corrected chi connectivity index (χ0v) is 10.4. The van der Waals surface area contributed by atoms with E-state index in [9.17, 15) is 5.11 Å². The molecule has 3 nitrogen and oxygen atoms in total. The maximum Gasteiger partial charge on any atom is 0.119 e. The summed E-state index contributed by atoms with van der Waals surface area (Å²) in [6.07, 6.45) is 2.29. The number of benzene rings is 1. The van der Waals surface area contributed by atoms with Gasteiger partial charge in [-0.3, -0.25) is 0 Å². The fourth-order valence-corrected chi connectivity index (χ4v) is 2.06. The molecule has 2 rings (SSSR count). The first-order valence-electron chi connectivity index (χ1n) is 6.21. The predicted molar refractivity (Wildman–Crippen MR) is 66.1 cm³/mol. The molecule has 0 aromatic heterocycles. The smallest absolute Gasteiger partial charge is 0.119 e. The summed E-state index contributed by atoms with van der Waals surface area (Å²) in [6.45, 7) is 4.43. The topological polar surface area (TPSA) is 38.7 Å². The Morgan fingerprint density at radius 3 is 2.94 bits per heavy atom. The van der Waals surface area contributed by atoms with Gasteiger partial charge >= 0.3 is 0 Å². The first-order valence-corrected chi connectivity index (χ1v) is 6.21. The number of aliphatic hydroxyl groups excluding tert-OH is 1. The van der Waals surface area contributed by atoms with Crippen molar-refractivity contribution in [1.82, 2.24) is 0 Å². The van der Waals surface area contributed by atoms with Crippen LogP contribution in [-0.4, -0.2) is 23.9 Å².